The summed E-state index contributed by atoms with van der Waals surface area (Å²) < 4.78 is 11.8. The number of rotatable bonds is 5. The number of ether oxygens (including phenoxy) is 1. The fraction of sp³-hybridized carbons (Fsp3) is 0.467. The van der Waals surface area contributed by atoms with Gasteiger partial charge >= 0.3 is 5.97 Å². The third-order valence-electron chi connectivity index (χ3n) is 3.30. The van der Waals surface area contributed by atoms with E-state index in [1.54, 1.807) is 30.8 Å². The van der Waals surface area contributed by atoms with E-state index >= 15 is 0 Å². The second-order valence-corrected chi connectivity index (χ2v) is 5.49. The Morgan fingerprint density at radius 3 is 2.57 bits per heavy atom. The number of amides is 1. The van der Waals surface area contributed by atoms with Gasteiger partial charge in [-0.3, -0.25) is 4.79 Å². The van der Waals surface area contributed by atoms with E-state index in [0.29, 0.717) is 17.3 Å². The summed E-state index contributed by atoms with van der Waals surface area (Å²) in [6.07, 6.45) is 0.627. The van der Waals surface area contributed by atoms with Gasteiger partial charge < -0.3 is 14.6 Å². The summed E-state index contributed by atoms with van der Waals surface area (Å²) in [4.78, 5) is 24.3. The minimum atomic E-state index is -0.966. The molecule has 8 heteroatoms. The molecule has 0 aliphatic rings. The Kier molecular flexibility index (Phi) is 4.83. The Labute approximate surface area is 133 Å². The predicted molar refractivity (Wildman–Crippen MR) is 82.1 cm³/mol. The van der Waals surface area contributed by atoms with E-state index in [1.807, 2.05) is 13.8 Å². The number of nitrogens with one attached hydrogen (secondary N) is 1. The second kappa shape index (κ2) is 6.64. The Morgan fingerprint density at radius 1 is 1.30 bits per heavy atom. The van der Waals surface area contributed by atoms with Gasteiger partial charge in [0.15, 0.2) is 6.10 Å². The molecule has 0 saturated carbocycles. The van der Waals surface area contributed by atoms with Gasteiger partial charge in [-0.15, -0.1) is 0 Å². The van der Waals surface area contributed by atoms with E-state index < -0.39 is 18.0 Å². The number of aryl methyl sites for hydroxylation is 2. The zero-order chi connectivity index (χ0) is 17.1. The summed E-state index contributed by atoms with van der Waals surface area (Å²) in [5, 5.41) is 10.5. The highest BCUT2D eigenvalue weighted by Gasteiger charge is 2.24. The van der Waals surface area contributed by atoms with Crippen LogP contribution in [0, 0.1) is 13.8 Å². The Balaban J connectivity index is 2.03. The summed E-state index contributed by atoms with van der Waals surface area (Å²) in [6.45, 7) is 8.65. The molecule has 1 amide bonds. The third kappa shape index (κ3) is 3.58. The molecule has 2 heterocycles. The minimum absolute atomic E-state index is 0.0976. The molecular weight excluding hydrogens is 300 g/mol. The lowest BCUT2D eigenvalue weighted by Gasteiger charge is -2.15. The first-order chi connectivity index (χ1) is 10.8. The molecule has 2 rings (SSSR count). The number of anilines is 1. The molecule has 0 bridgehead atoms. The maximum atomic E-state index is 12.2. The van der Waals surface area contributed by atoms with Crippen LogP contribution in [0.15, 0.2) is 16.8 Å². The largest absolute Gasteiger partial charge is 0.449 e. The number of carbonyl (C=O) groups excluding carboxylic acids is 2. The summed E-state index contributed by atoms with van der Waals surface area (Å²) in [5.41, 5.74) is 0.676. The minimum Gasteiger partial charge on any atom is -0.449 e. The molecule has 0 aromatic carbocycles. The molecule has 0 saturated heterocycles. The number of aromatic nitrogens is 3. The first-order valence-corrected chi connectivity index (χ1v) is 7.29. The lowest BCUT2D eigenvalue weighted by atomic mass is 10.2. The summed E-state index contributed by atoms with van der Waals surface area (Å²) in [7, 11) is 0. The van der Waals surface area contributed by atoms with Crippen molar-refractivity contribution in [2.45, 2.75) is 46.8 Å². The molecule has 8 nitrogen and oxygen atoms in total. The van der Waals surface area contributed by atoms with Crippen molar-refractivity contribution >= 4 is 17.7 Å². The molecule has 1 N–H and O–H groups in total. The molecule has 0 unspecified atom stereocenters. The fourth-order valence-electron chi connectivity index (χ4n) is 2.10. The molecule has 0 spiro atoms. The van der Waals surface area contributed by atoms with E-state index in [-0.39, 0.29) is 11.6 Å². The molecule has 0 aliphatic heterocycles. The average molecular weight is 320 g/mol. The number of carbonyl (C=O) groups is 2. The lowest BCUT2D eigenvalue weighted by Crippen LogP contribution is -2.31. The Morgan fingerprint density at radius 2 is 2.00 bits per heavy atom. The van der Waals surface area contributed by atoms with Crippen molar-refractivity contribution in [2.75, 3.05) is 5.32 Å². The van der Waals surface area contributed by atoms with Crippen LogP contribution in [-0.2, 0) is 9.53 Å². The van der Waals surface area contributed by atoms with Crippen LogP contribution in [0.1, 0.15) is 48.6 Å². The Hall–Kier alpha value is -2.64. The molecule has 0 aliphatic carbocycles. The van der Waals surface area contributed by atoms with Crippen LogP contribution in [0.2, 0.25) is 0 Å². The van der Waals surface area contributed by atoms with Crippen LogP contribution in [-0.4, -0.2) is 32.9 Å². The summed E-state index contributed by atoms with van der Waals surface area (Å²) in [5.74, 6) is -0.169. The van der Waals surface area contributed by atoms with Crippen molar-refractivity contribution < 1.29 is 18.8 Å². The van der Waals surface area contributed by atoms with E-state index in [1.165, 1.54) is 6.92 Å². The predicted octanol–water partition coefficient (Wildman–Crippen LogP) is 2.25. The highest BCUT2D eigenvalue weighted by Crippen LogP contribution is 2.16. The maximum absolute atomic E-state index is 12.2. The Bertz CT molecular complexity index is 697. The molecule has 2 aromatic rings. The van der Waals surface area contributed by atoms with Crippen LogP contribution >= 0.6 is 0 Å². The van der Waals surface area contributed by atoms with E-state index in [4.69, 9.17) is 9.26 Å². The summed E-state index contributed by atoms with van der Waals surface area (Å²) in [6, 6.07) is 1.78. The average Bonchev–Trinajstić information content (AvgIpc) is 3.05. The van der Waals surface area contributed by atoms with Gasteiger partial charge in [0.1, 0.15) is 17.1 Å². The number of esters is 1. The van der Waals surface area contributed by atoms with E-state index in [2.05, 4.69) is 15.6 Å². The first-order valence-electron chi connectivity index (χ1n) is 7.29. The van der Waals surface area contributed by atoms with Crippen LogP contribution in [0.5, 0.6) is 0 Å². The number of nitrogens with zero attached hydrogens (tertiary/aromatic N) is 3. The van der Waals surface area contributed by atoms with Crippen molar-refractivity contribution in [3.8, 4) is 0 Å². The van der Waals surface area contributed by atoms with Crippen LogP contribution < -0.4 is 5.32 Å². The van der Waals surface area contributed by atoms with Crippen molar-refractivity contribution in [3.05, 3.63) is 29.3 Å². The van der Waals surface area contributed by atoms with E-state index in [9.17, 15) is 9.59 Å². The van der Waals surface area contributed by atoms with Crippen molar-refractivity contribution in [3.63, 3.8) is 0 Å². The molecule has 1 atom stereocenters. The van der Waals surface area contributed by atoms with Gasteiger partial charge in [-0.2, -0.15) is 5.10 Å². The van der Waals surface area contributed by atoms with Gasteiger partial charge in [0.25, 0.3) is 5.91 Å². The molecule has 0 fully saturated rings. The van der Waals surface area contributed by atoms with Crippen LogP contribution in [0.4, 0.5) is 5.82 Å². The van der Waals surface area contributed by atoms with Gasteiger partial charge in [0, 0.05) is 12.1 Å². The van der Waals surface area contributed by atoms with E-state index in [0.717, 1.165) is 0 Å². The van der Waals surface area contributed by atoms with Gasteiger partial charge in [-0.05, 0) is 34.6 Å². The molecule has 124 valence electrons. The van der Waals surface area contributed by atoms with Crippen molar-refractivity contribution in [2.24, 2.45) is 0 Å². The highest BCUT2D eigenvalue weighted by molar-refractivity contribution is 5.97. The molecule has 2 aromatic heterocycles. The van der Waals surface area contributed by atoms with Gasteiger partial charge in [0.2, 0.25) is 0 Å². The second-order valence-electron chi connectivity index (χ2n) is 5.49. The van der Waals surface area contributed by atoms with Crippen molar-refractivity contribution in [1.29, 1.82) is 0 Å². The topological polar surface area (TPSA) is 99.2 Å². The van der Waals surface area contributed by atoms with Crippen LogP contribution in [0.3, 0.4) is 0 Å². The zero-order valence-electron chi connectivity index (χ0n) is 13.8. The molecule has 0 radical (unpaired) electrons. The normalized spacial score (nSPS) is 12.3. The lowest BCUT2D eigenvalue weighted by molar-refractivity contribution is -0.123. The number of hydrogen-bond donors (Lipinski definition) is 1. The zero-order valence-corrected chi connectivity index (χ0v) is 13.8. The fourth-order valence-corrected chi connectivity index (χ4v) is 2.10. The van der Waals surface area contributed by atoms with Gasteiger partial charge in [-0.1, -0.05) is 5.16 Å². The molecule has 23 heavy (non-hydrogen) atoms. The van der Waals surface area contributed by atoms with Crippen molar-refractivity contribution in [1.82, 2.24) is 14.9 Å². The number of hydrogen-bond acceptors (Lipinski definition) is 6. The van der Waals surface area contributed by atoms with Crippen LogP contribution in [0.25, 0.3) is 0 Å². The monoisotopic (exact) mass is 320 g/mol. The highest BCUT2D eigenvalue weighted by atomic mass is 16.5. The SMILES string of the molecule is Cc1noc(C)c1C(=O)O[C@H](C)C(=O)Nc1ccnn1C(C)C. The summed E-state index contributed by atoms with van der Waals surface area (Å²) >= 11 is 0. The third-order valence-corrected chi connectivity index (χ3v) is 3.30. The standard InChI is InChI=1S/C15H20N4O4/c1-8(2)19-12(6-7-16-19)17-14(20)11(5)22-15(21)13-9(3)18-23-10(13)4/h6-8,11H,1-5H3,(H,17,20)/t11-/m1/s1. The maximum Gasteiger partial charge on any atom is 0.344 e. The quantitative estimate of drug-likeness (QED) is 0.848. The first kappa shape index (κ1) is 16.7. The smallest absolute Gasteiger partial charge is 0.344 e. The molecular formula is C15H20N4O4. The van der Waals surface area contributed by atoms with Gasteiger partial charge in [-0.25, -0.2) is 9.48 Å². The van der Waals surface area contributed by atoms with Gasteiger partial charge in [0.05, 0.1) is 11.9 Å².